The van der Waals surface area contributed by atoms with Gasteiger partial charge in [0.1, 0.15) is 5.88 Å². The van der Waals surface area contributed by atoms with Gasteiger partial charge in [0.05, 0.1) is 9.88 Å². The number of thiophene rings is 1. The van der Waals surface area contributed by atoms with Crippen molar-refractivity contribution < 1.29 is 4.79 Å². The van der Waals surface area contributed by atoms with Gasteiger partial charge < -0.3 is 11.2 Å². The van der Waals surface area contributed by atoms with Crippen molar-refractivity contribution in [3.05, 3.63) is 16.4 Å². The first-order valence-electron chi connectivity index (χ1n) is 4.92. The normalized spacial score (nSPS) is 10.6. The summed E-state index contributed by atoms with van der Waals surface area (Å²) in [7, 11) is 0. The van der Waals surface area contributed by atoms with Crippen molar-refractivity contribution >= 4 is 46.1 Å². The molecule has 2 aromatic heterocycles. The van der Waals surface area contributed by atoms with Crippen LogP contribution in [-0.2, 0) is 4.79 Å². The number of H-pyrrole nitrogens is 1. The average molecular weight is 304 g/mol. The number of nitrogens with one attached hydrogen (secondary N) is 2. The topological polar surface area (TPSA) is 88.7 Å². The summed E-state index contributed by atoms with van der Waals surface area (Å²) in [6, 6.07) is 1.84. The van der Waals surface area contributed by atoms with Crippen LogP contribution in [0.2, 0.25) is 0 Å². The van der Waals surface area contributed by atoms with Crippen LogP contribution in [0.25, 0.3) is 10.7 Å². The fourth-order valence-electron chi connectivity index (χ4n) is 1.40. The van der Waals surface area contributed by atoms with E-state index in [4.69, 9.17) is 29.7 Å². The summed E-state index contributed by atoms with van der Waals surface area (Å²) in [5.41, 5.74) is 0.950. The number of nitrogens with zero attached hydrogens (tertiary/aromatic N) is 2. The Kier molecular flexibility index (Phi) is 3.69. The Morgan fingerprint density at radius 1 is 1.78 bits per heavy atom. The monoisotopic (exact) mass is 303 g/mol. The number of hydrogen-bond acceptors (Lipinski definition) is 5. The average Bonchev–Trinajstić information content (AvgIpc) is 2.84. The molecule has 2 aromatic rings. The van der Waals surface area contributed by atoms with E-state index in [1.165, 1.54) is 16.0 Å². The maximum atomic E-state index is 11.2. The first kappa shape index (κ1) is 13.1. The molecule has 1 amide bonds. The summed E-state index contributed by atoms with van der Waals surface area (Å²) < 4.78 is 1.63. The minimum Gasteiger partial charge on any atom is -0.335 e. The van der Waals surface area contributed by atoms with E-state index in [2.05, 4.69) is 15.5 Å². The van der Waals surface area contributed by atoms with Crippen LogP contribution < -0.4 is 11.2 Å². The number of amides is 1. The zero-order valence-corrected chi connectivity index (χ0v) is 11.7. The lowest BCUT2D eigenvalue weighted by Crippen LogP contribution is -2.11. The molecular weight excluding hydrogens is 294 g/mol. The van der Waals surface area contributed by atoms with Crippen LogP contribution in [0.3, 0.4) is 0 Å². The zero-order valence-electron chi connectivity index (χ0n) is 9.36. The van der Waals surface area contributed by atoms with Crippen LogP contribution >= 0.6 is 35.2 Å². The Bertz CT molecular complexity index is 644. The van der Waals surface area contributed by atoms with Crippen molar-refractivity contribution in [2.75, 3.05) is 17.0 Å². The number of aromatic amines is 1. The Labute approximate surface area is 117 Å². The van der Waals surface area contributed by atoms with E-state index in [0.29, 0.717) is 15.6 Å². The van der Waals surface area contributed by atoms with E-state index in [9.17, 15) is 4.79 Å². The van der Waals surface area contributed by atoms with E-state index >= 15 is 0 Å². The number of hydrogen-bond donors (Lipinski definition) is 3. The van der Waals surface area contributed by atoms with Gasteiger partial charge in [-0.2, -0.15) is 5.10 Å². The minimum atomic E-state index is -0.254. The molecule has 0 fully saturated rings. The van der Waals surface area contributed by atoms with Crippen LogP contribution in [0.4, 0.5) is 5.00 Å². The lowest BCUT2D eigenvalue weighted by Gasteiger charge is -1.98. The number of carbonyl (C=O) groups is 1. The van der Waals surface area contributed by atoms with Crippen molar-refractivity contribution in [2.24, 2.45) is 0 Å². The van der Waals surface area contributed by atoms with Crippen LogP contribution in [0, 0.1) is 11.7 Å². The Hall–Kier alpha value is -1.38. The third-order valence-electron chi connectivity index (χ3n) is 2.21. The largest absolute Gasteiger partial charge is 0.335 e. The van der Waals surface area contributed by atoms with Gasteiger partial charge in [0.15, 0.2) is 5.82 Å². The quantitative estimate of drug-likeness (QED) is 0.459. The molecule has 0 radical (unpaired) electrons. The van der Waals surface area contributed by atoms with Gasteiger partial charge in [-0.3, -0.25) is 4.79 Å². The molecule has 0 aliphatic heterocycles. The van der Waals surface area contributed by atoms with Crippen LogP contribution in [-0.4, -0.2) is 26.7 Å². The Balaban J connectivity index is 2.38. The minimum absolute atomic E-state index is 0.0815. The molecule has 18 heavy (non-hydrogen) atoms. The van der Waals surface area contributed by atoms with E-state index in [1.807, 2.05) is 13.0 Å². The first-order valence-corrected chi connectivity index (χ1v) is 6.68. The van der Waals surface area contributed by atoms with Gasteiger partial charge in [0.2, 0.25) is 10.7 Å². The summed E-state index contributed by atoms with van der Waals surface area (Å²) >= 11 is 11.7. The van der Waals surface area contributed by atoms with Crippen LogP contribution in [0.15, 0.2) is 6.07 Å². The summed E-state index contributed by atoms with van der Waals surface area (Å²) in [6.45, 7) is 1.90. The van der Waals surface area contributed by atoms with E-state index in [0.717, 1.165) is 10.4 Å². The fraction of sp³-hybridized carbons (Fsp3) is 0.222. The third kappa shape index (κ3) is 2.40. The molecule has 0 aliphatic rings. The number of alkyl halides is 1. The van der Waals surface area contributed by atoms with Crippen molar-refractivity contribution in [3.8, 4) is 10.7 Å². The van der Waals surface area contributed by atoms with E-state index < -0.39 is 0 Å². The number of rotatable bonds is 3. The summed E-state index contributed by atoms with van der Waals surface area (Å²) in [6.07, 6.45) is 0. The highest BCUT2D eigenvalue weighted by Crippen LogP contribution is 2.33. The molecule has 6 nitrogen and oxygen atoms in total. The molecule has 0 atom stereocenters. The van der Waals surface area contributed by atoms with E-state index in [1.54, 1.807) is 0 Å². The number of anilines is 1. The molecule has 2 rings (SSSR count). The summed E-state index contributed by atoms with van der Waals surface area (Å²) in [4.78, 5) is 12.0. The van der Waals surface area contributed by atoms with Gasteiger partial charge in [0.25, 0.3) is 0 Å². The maximum Gasteiger partial charge on any atom is 0.239 e. The van der Waals surface area contributed by atoms with Crippen molar-refractivity contribution in [1.82, 2.24) is 14.9 Å². The van der Waals surface area contributed by atoms with Gasteiger partial charge in [-0.25, -0.2) is 9.77 Å². The number of aromatic nitrogens is 3. The Morgan fingerprint density at radius 3 is 3.06 bits per heavy atom. The predicted octanol–water partition coefficient (Wildman–Crippen LogP) is 1.87. The zero-order chi connectivity index (χ0) is 13.3. The molecule has 0 spiro atoms. The van der Waals surface area contributed by atoms with Gasteiger partial charge in [-0.1, -0.05) is 0 Å². The molecule has 0 aromatic carbocycles. The number of halogens is 1. The first-order chi connectivity index (χ1) is 8.52. The number of nitrogen functional groups attached to an aromatic ring is 1. The van der Waals surface area contributed by atoms with Crippen molar-refractivity contribution in [2.45, 2.75) is 6.92 Å². The molecule has 4 N–H and O–H groups in total. The molecule has 0 saturated heterocycles. The second-order valence-corrected chi connectivity index (χ2v) is 5.23. The number of carbonyl (C=O) groups excluding carboxylic acids is 1. The van der Waals surface area contributed by atoms with Gasteiger partial charge in [0, 0.05) is 0 Å². The fourth-order valence-corrected chi connectivity index (χ4v) is 2.68. The van der Waals surface area contributed by atoms with Crippen molar-refractivity contribution in [3.63, 3.8) is 0 Å². The second-order valence-electron chi connectivity index (χ2n) is 3.53. The van der Waals surface area contributed by atoms with E-state index in [-0.39, 0.29) is 11.8 Å². The van der Waals surface area contributed by atoms with Crippen LogP contribution in [0.1, 0.15) is 5.56 Å². The van der Waals surface area contributed by atoms with Crippen molar-refractivity contribution in [1.29, 1.82) is 0 Å². The molecule has 0 unspecified atom stereocenters. The Morgan fingerprint density at radius 2 is 2.50 bits per heavy atom. The highest BCUT2D eigenvalue weighted by Gasteiger charge is 2.14. The lowest BCUT2D eigenvalue weighted by atomic mass is 10.3. The number of nitrogens with two attached hydrogens (primary N) is 1. The standard InChI is InChI=1S/C9H10ClN5OS2/c1-4-2-6(12-5(16)3-10)18-7(4)8-13-14-9(17)15(8)11/h2H,3,11H2,1H3,(H,12,16)(H,14,17). The smallest absolute Gasteiger partial charge is 0.239 e. The van der Waals surface area contributed by atoms with Gasteiger partial charge >= 0.3 is 0 Å². The molecule has 0 saturated carbocycles. The lowest BCUT2D eigenvalue weighted by molar-refractivity contribution is -0.113. The third-order valence-corrected chi connectivity index (χ3v) is 3.89. The second kappa shape index (κ2) is 5.09. The highest BCUT2D eigenvalue weighted by molar-refractivity contribution is 7.71. The summed E-state index contributed by atoms with van der Waals surface area (Å²) in [5.74, 6) is 5.96. The molecule has 2 heterocycles. The molecular formula is C9H10ClN5OS2. The molecule has 0 bridgehead atoms. The SMILES string of the molecule is Cc1cc(NC(=O)CCl)sc1-c1n[nH]c(=S)n1N. The summed E-state index contributed by atoms with van der Waals surface area (Å²) in [5, 5.41) is 10.0. The number of aryl methyl sites for hydroxylation is 1. The molecule has 9 heteroatoms. The maximum absolute atomic E-state index is 11.2. The van der Waals surface area contributed by atoms with Gasteiger partial charge in [-0.05, 0) is 30.8 Å². The molecule has 96 valence electrons. The van der Waals surface area contributed by atoms with Gasteiger partial charge in [-0.15, -0.1) is 22.9 Å². The molecule has 0 aliphatic carbocycles. The predicted molar refractivity (Wildman–Crippen MR) is 75.0 cm³/mol. The van der Waals surface area contributed by atoms with Crippen LogP contribution in [0.5, 0.6) is 0 Å². The highest BCUT2D eigenvalue weighted by atomic mass is 35.5.